The second kappa shape index (κ2) is 7.39. The van der Waals surface area contributed by atoms with Gasteiger partial charge in [-0.25, -0.2) is 0 Å². The van der Waals surface area contributed by atoms with Gasteiger partial charge in [0.2, 0.25) is 0 Å². The van der Waals surface area contributed by atoms with Crippen LogP contribution in [0.4, 0.5) is 5.69 Å². The zero-order valence-corrected chi connectivity index (χ0v) is 12.0. The zero-order chi connectivity index (χ0) is 13.5. The molecule has 2 N–H and O–H groups in total. The molecule has 2 unspecified atom stereocenters. The Morgan fingerprint density at radius 2 is 1.78 bits per heavy atom. The summed E-state index contributed by atoms with van der Waals surface area (Å²) < 4.78 is 0. The molecule has 0 aliphatic carbocycles. The van der Waals surface area contributed by atoms with Crippen molar-refractivity contribution in [1.82, 2.24) is 5.32 Å². The van der Waals surface area contributed by atoms with E-state index in [0.29, 0.717) is 12.0 Å². The van der Waals surface area contributed by atoms with Gasteiger partial charge in [0.1, 0.15) is 0 Å². The van der Waals surface area contributed by atoms with Crippen LogP contribution in [0.15, 0.2) is 24.3 Å². The molecule has 0 aliphatic heterocycles. The van der Waals surface area contributed by atoms with E-state index in [0.717, 1.165) is 13.0 Å². The number of hydrogen-bond donors (Lipinski definition) is 2. The highest BCUT2D eigenvalue weighted by Gasteiger charge is 2.07. The molecule has 0 radical (unpaired) electrons. The first-order chi connectivity index (χ1) is 8.54. The van der Waals surface area contributed by atoms with Gasteiger partial charge in [-0.15, -0.1) is 0 Å². The third-order valence-electron chi connectivity index (χ3n) is 3.30. The average molecular weight is 250 g/mol. The van der Waals surface area contributed by atoms with Crippen LogP contribution in [0.1, 0.15) is 31.9 Å². The van der Waals surface area contributed by atoms with Crippen LogP contribution in [0, 0.1) is 5.92 Å². The Labute approximate surface area is 111 Å². The van der Waals surface area contributed by atoms with E-state index in [1.54, 1.807) is 0 Å². The minimum absolute atomic E-state index is 0.273. The molecule has 0 bridgehead atoms. The summed E-state index contributed by atoms with van der Waals surface area (Å²) in [5.74, 6) is 0.512. The summed E-state index contributed by atoms with van der Waals surface area (Å²) in [4.78, 5) is 2.10. The SMILES string of the molecule is CC(CCO)CNC(C)c1ccc(N(C)C)cc1. The molecular formula is C15H26N2O. The lowest BCUT2D eigenvalue weighted by Gasteiger charge is -2.19. The van der Waals surface area contributed by atoms with E-state index in [-0.39, 0.29) is 6.61 Å². The maximum absolute atomic E-state index is 8.87. The van der Waals surface area contributed by atoms with E-state index in [2.05, 4.69) is 48.3 Å². The summed E-state index contributed by atoms with van der Waals surface area (Å²) in [6.45, 7) is 5.55. The summed E-state index contributed by atoms with van der Waals surface area (Å²) in [6.07, 6.45) is 0.860. The van der Waals surface area contributed by atoms with Gasteiger partial charge in [0.25, 0.3) is 0 Å². The zero-order valence-electron chi connectivity index (χ0n) is 12.0. The van der Waals surface area contributed by atoms with Crippen LogP contribution in [0.5, 0.6) is 0 Å². The summed E-state index contributed by atoms with van der Waals surface area (Å²) in [6, 6.07) is 8.98. The van der Waals surface area contributed by atoms with Crippen LogP contribution >= 0.6 is 0 Å². The molecule has 1 rings (SSSR count). The average Bonchev–Trinajstić information content (AvgIpc) is 2.36. The van der Waals surface area contributed by atoms with Gasteiger partial charge in [-0.05, 0) is 43.5 Å². The molecule has 0 aromatic heterocycles. The molecule has 0 saturated heterocycles. The van der Waals surface area contributed by atoms with Crippen molar-refractivity contribution in [3.63, 3.8) is 0 Å². The van der Waals surface area contributed by atoms with E-state index >= 15 is 0 Å². The van der Waals surface area contributed by atoms with Crippen LogP contribution < -0.4 is 10.2 Å². The molecule has 18 heavy (non-hydrogen) atoms. The molecule has 0 saturated carbocycles. The van der Waals surface area contributed by atoms with Gasteiger partial charge < -0.3 is 15.3 Å². The second-order valence-electron chi connectivity index (χ2n) is 5.23. The maximum Gasteiger partial charge on any atom is 0.0434 e. The van der Waals surface area contributed by atoms with Crippen LogP contribution in [-0.2, 0) is 0 Å². The fourth-order valence-electron chi connectivity index (χ4n) is 1.88. The number of nitrogens with zero attached hydrogens (tertiary/aromatic N) is 1. The molecule has 3 heteroatoms. The standard InChI is InChI=1S/C15H26N2O/c1-12(9-10-18)11-16-13(2)14-5-7-15(8-6-14)17(3)4/h5-8,12-13,16,18H,9-11H2,1-4H3. The molecule has 0 heterocycles. The normalized spacial score (nSPS) is 14.3. The van der Waals surface area contributed by atoms with Crippen molar-refractivity contribution in [3.8, 4) is 0 Å². The molecule has 1 aromatic carbocycles. The van der Waals surface area contributed by atoms with Gasteiger partial charge in [-0.1, -0.05) is 19.1 Å². The Morgan fingerprint density at radius 3 is 2.28 bits per heavy atom. The number of hydrogen-bond acceptors (Lipinski definition) is 3. The minimum Gasteiger partial charge on any atom is -0.396 e. The van der Waals surface area contributed by atoms with Crippen molar-refractivity contribution in [3.05, 3.63) is 29.8 Å². The summed E-state index contributed by atoms with van der Waals surface area (Å²) in [5, 5.41) is 12.4. The Hall–Kier alpha value is -1.06. The van der Waals surface area contributed by atoms with Gasteiger partial charge in [0.15, 0.2) is 0 Å². The van der Waals surface area contributed by atoms with Gasteiger partial charge >= 0.3 is 0 Å². The van der Waals surface area contributed by atoms with Crippen molar-refractivity contribution in [2.24, 2.45) is 5.92 Å². The topological polar surface area (TPSA) is 35.5 Å². The molecule has 0 fully saturated rings. The van der Waals surface area contributed by atoms with E-state index in [4.69, 9.17) is 5.11 Å². The summed E-state index contributed by atoms with van der Waals surface area (Å²) in [5.41, 5.74) is 2.52. The molecule has 0 spiro atoms. The van der Waals surface area contributed by atoms with Gasteiger partial charge in [-0.2, -0.15) is 0 Å². The molecule has 0 amide bonds. The fourth-order valence-corrected chi connectivity index (χ4v) is 1.88. The number of rotatable bonds is 7. The van der Waals surface area contributed by atoms with Crippen LogP contribution in [0.3, 0.4) is 0 Å². The summed E-state index contributed by atoms with van der Waals surface area (Å²) >= 11 is 0. The number of nitrogens with one attached hydrogen (secondary N) is 1. The van der Waals surface area contributed by atoms with Crippen molar-refractivity contribution in [2.75, 3.05) is 32.1 Å². The van der Waals surface area contributed by atoms with Crippen molar-refractivity contribution in [2.45, 2.75) is 26.3 Å². The van der Waals surface area contributed by atoms with E-state index in [1.807, 2.05) is 14.1 Å². The first-order valence-corrected chi connectivity index (χ1v) is 6.66. The monoisotopic (exact) mass is 250 g/mol. The lowest BCUT2D eigenvalue weighted by atomic mass is 10.1. The van der Waals surface area contributed by atoms with Crippen LogP contribution in [-0.4, -0.2) is 32.4 Å². The number of aliphatic hydroxyl groups is 1. The number of anilines is 1. The highest BCUT2D eigenvalue weighted by Crippen LogP contribution is 2.17. The molecule has 3 nitrogen and oxygen atoms in total. The lowest BCUT2D eigenvalue weighted by Crippen LogP contribution is -2.25. The highest BCUT2D eigenvalue weighted by molar-refractivity contribution is 5.46. The quantitative estimate of drug-likeness (QED) is 0.780. The van der Waals surface area contributed by atoms with E-state index in [1.165, 1.54) is 11.3 Å². The van der Waals surface area contributed by atoms with Crippen molar-refractivity contribution in [1.29, 1.82) is 0 Å². The Morgan fingerprint density at radius 1 is 1.17 bits per heavy atom. The maximum atomic E-state index is 8.87. The summed E-state index contributed by atoms with van der Waals surface area (Å²) in [7, 11) is 4.10. The second-order valence-corrected chi connectivity index (χ2v) is 5.23. The Bertz CT molecular complexity index is 335. The molecular weight excluding hydrogens is 224 g/mol. The van der Waals surface area contributed by atoms with E-state index in [9.17, 15) is 0 Å². The lowest BCUT2D eigenvalue weighted by molar-refractivity contribution is 0.258. The van der Waals surface area contributed by atoms with E-state index < -0.39 is 0 Å². The molecule has 1 aromatic rings. The fraction of sp³-hybridized carbons (Fsp3) is 0.600. The molecule has 2 atom stereocenters. The van der Waals surface area contributed by atoms with Crippen molar-refractivity contribution < 1.29 is 5.11 Å². The van der Waals surface area contributed by atoms with Crippen molar-refractivity contribution >= 4 is 5.69 Å². The predicted molar refractivity (Wildman–Crippen MR) is 78.1 cm³/mol. The third kappa shape index (κ3) is 4.67. The van der Waals surface area contributed by atoms with Gasteiger partial charge in [0, 0.05) is 32.4 Å². The Kier molecular flexibility index (Phi) is 6.16. The van der Waals surface area contributed by atoms with Crippen LogP contribution in [0.2, 0.25) is 0 Å². The Balaban J connectivity index is 2.48. The smallest absolute Gasteiger partial charge is 0.0434 e. The largest absolute Gasteiger partial charge is 0.396 e. The van der Waals surface area contributed by atoms with Gasteiger partial charge in [-0.3, -0.25) is 0 Å². The number of aliphatic hydroxyl groups excluding tert-OH is 1. The third-order valence-corrected chi connectivity index (χ3v) is 3.30. The molecule has 0 aliphatic rings. The van der Waals surface area contributed by atoms with Crippen LogP contribution in [0.25, 0.3) is 0 Å². The minimum atomic E-state index is 0.273. The first-order valence-electron chi connectivity index (χ1n) is 6.66. The van der Waals surface area contributed by atoms with Gasteiger partial charge in [0.05, 0.1) is 0 Å². The highest BCUT2D eigenvalue weighted by atomic mass is 16.3. The molecule has 102 valence electrons. The predicted octanol–water partition coefficient (Wildman–Crippen LogP) is 2.42. The first kappa shape index (κ1) is 15.0. The number of benzene rings is 1.